The van der Waals surface area contributed by atoms with Crippen LogP contribution in [0.25, 0.3) is 0 Å². The van der Waals surface area contributed by atoms with E-state index in [1.165, 1.54) is 18.2 Å². The smallest absolute Gasteiger partial charge is 0.254 e. The molecule has 4 nitrogen and oxygen atoms in total. The van der Waals surface area contributed by atoms with Crippen molar-refractivity contribution in [3.8, 4) is 0 Å². The second-order valence-electron chi connectivity index (χ2n) is 6.46. The van der Waals surface area contributed by atoms with Crippen molar-refractivity contribution in [2.75, 3.05) is 0 Å². The third kappa shape index (κ3) is 5.05. The molecule has 0 aromatic heterocycles. The standard InChI is InChI=1S/C20H22ClFN2O2/c1-12(2)18(24-19(25)16-9-4-5-10-17(16)22)20(26)23-13(3)14-7-6-8-15(21)11-14/h4-13,18H,1-3H3,(H,23,26)(H,24,25). The van der Waals surface area contributed by atoms with Gasteiger partial charge in [-0.3, -0.25) is 9.59 Å². The lowest BCUT2D eigenvalue weighted by Gasteiger charge is -2.24. The summed E-state index contributed by atoms with van der Waals surface area (Å²) < 4.78 is 13.8. The van der Waals surface area contributed by atoms with Gasteiger partial charge < -0.3 is 10.6 Å². The first-order chi connectivity index (χ1) is 12.3. The number of rotatable bonds is 6. The fourth-order valence-electron chi connectivity index (χ4n) is 2.56. The predicted octanol–water partition coefficient (Wildman–Crippen LogP) is 4.11. The first kappa shape index (κ1) is 19.9. The van der Waals surface area contributed by atoms with Crippen LogP contribution in [0.1, 0.15) is 42.7 Å². The van der Waals surface area contributed by atoms with Gasteiger partial charge in [0.25, 0.3) is 5.91 Å². The second-order valence-corrected chi connectivity index (χ2v) is 6.90. The van der Waals surface area contributed by atoms with Crippen molar-refractivity contribution in [2.45, 2.75) is 32.9 Å². The molecule has 6 heteroatoms. The number of hydrogen-bond donors (Lipinski definition) is 2. The van der Waals surface area contributed by atoms with E-state index in [4.69, 9.17) is 11.6 Å². The zero-order valence-corrected chi connectivity index (χ0v) is 15.7. The normalized spacial score (nSPS) is 13.2. The van der Waals surface area contributed by atoms with Crippen molar-refractivity contribution >= 4 is 23.4 Å². The van der Waals surface area contributed by atoms with E-state index in [1.807, 2.05) is 26.8 Å². The molecule has 0 aliphatic heterocycles. The van der Waals surface area contributed by atoms with Gasteiger partial charge in [0.2, 0.25) is 5.91 Å². The summed E-state index contributed by atoms with van der Waals surface area (Å²) in [5, 5.41) is 6.08. The number of nitrogens with one attached hydrogen (secondary N) is 2. The SMILES string of the molecule is CC(NC(=O)C(NC(=O)c1ccccc1F)C(C)C)c1cccc(Cl)c1. The quantitative estimate of drug-likeness (QED) is 0.797. The molecule has 2 atom stereocenters. The highest BCUT2D eigenvalue weighted by atomic mass is 35.5. The maximum Gasteiger partial charge on any atom is 0.254 e. The molecule has 26 heavy (non-hydrogen) atoms. The van der Waals surface area contributed by atoms with Crippen molar-refractivity contribution in [2.24, 2.45) is 5.92 Å². The van der Waals surface area contributed by atoms with E-state index >= 15 is 0 Å². The molecular weight excluding hydrogens is 355 g/mol. The molecule has 0 aliphatic rings. The Morgan fingerprint density at radius 3 is 2.31 bits per heavy atom. The van der Waals surface area contributed by atoms with Gasteiger partial charge in [-0.2, -0.15) is 0 Å². The van der Waals surface area contributed by atoms with Crippen LogP contribution in [0.3, 0.4) is 0 Å². The van der Waals surface area contributed by atoms with E-state index in [2.05, 4.69) is 10.6 Å². The summed E-state index contributed by atoms with van der Waals surface area (Å²) in [6.07, 6.45) is 0. The first-order valence-electron chi connectivity index (χ1n) is 8.41. The minimum Gasteiger partial charge on any atom is -0.348 e. The molecule has 0 saturated carbocycles. The molecule has 2 aromatic rings. The third-order valence-electron chi connectivity index (χ3n) is 4.06. The van der Waals surface area contributed by atoms with E-state index in [0.29, 0.717) is 5.02 Å². The maximum absolute atomic E-state index is 13.8. The Labute approximate surface area is 157 Å². The van der Waals surface area contributed by atoms with Crippen molar-refractivity contribution in [1.82, 2.24) is 10.6 Å². The fourth-order valence-corrected chi connectivity index (χ4v) is 2.76. The molecule has 2 aromatic carbocycles. The number of halogens is 2. The molecule has 0 saturated heterocycles. The number of hydrogen-bond acceptors (Lipinski definition) is 2. The number of benzene rings is 2. The molecule has 0 bridgehead atoms. The second kappa shape index (κ2) is 8.81. The fraction of sp³-hybridized carbons (Fsp3) is 0.300. The van der Waals surface area contributed by atoms with Crippen molar-refractivity contribution < 1.29 is 14.0 Å². The van der Waals surface area contributed by atoms with Gasteiger partial charge in [0.1, 0.15) is 11.9 Å². The van der Waals surface area contributed by atoms with Gasteiger partial charge in [0.05, 0.1) is 11.6 Å². The van der Waals surface area contributed by atoms with E-state index in [0.717, 1.165) is 5.56 Å². The van der Waals surface area contributed by atoms with E-state index in [-0.39, 0.29) is 23.4 Å². The van der Waals surface area contributed by atoms with Crippen molar-refractivity contribution in [3.63, 3.8) is 0 Å². The monoisotopic (exact) mass is 376 g/mol. The molecule has 0 heterocycles. The van der Waals surface area contributed by atoms with Crippen LogP contribution in [0.4, 0.5) is 4.39 Å². The molecule has 138 valence electrons. The number of carbonyl (C=O) groups excluding carboxylic acids is 2. The molecule has 0 aliphatic carbocycles. The van der Waals surface area contributed by atoms with Gasteiger partial charge in [-0.05, 0) is 42.7 Å². The summed E-state index contributed by atoms with van der Waals surface area (Å²) in [7, 11) is 0. The van der Waals surface area contributed by atoms with Crippen LogP contribution >= 0.6 is 11.6 Å². The lowest BCUT2D eigenvalue weighted by atomic mass is 10.0. The largest absolute Gasteiger partial charge is 0.348 e. The predicted molar refractivity (Wildman–Crippen MR) is 101 cm³/mol. The van der Waals surface area contributed by atoms with Crippen LogP contribution < -0.4 is 10.6 Å². The maximum atomic E-state index is 13.8. The first-order valence-corrected chi connectivity index (χ1v) is 8.78. The molecule has 0 radical (unpaired) electrons. The summed E-state index contributed by atoms with van der Waals surface area (Å²) in [5.41, 5.74) is 0.766. The molecule has 2 rings (SSSR count). The van der Waals surface area contributed by atoms with Crippen LogP contribution in [0.2, 0.25) is 5.02 Å². The molecule has 2 amide bonds. The lowest BCUT2D eigenvalue weighted by Crippen LogP contribution is -2.50. The number of amides is 2. The van der Waals surface area contributed by atoms with E-state index in [1.54, 1.807) is 24.3 Å². The Kier molecular flexibility index (Phi) is 6.75. The Bertz CT molecular complexity index is 795. The topological polar surface area (TPSA) is 58.2 Å². The van der Waals surface area contributed by atoms with Crippen LogP contribution in [0.15, 0.2) is 48.5 Å². The van der Waals surface area contributed by atoms with Gasteiger partial charge in [0.15, 0.2) is 0 Å². The van der Waals surface area contributed by atoms with Gasteiger partial charge >= 0.3 is 0 Å². The summed E-state index contributed by atoms with van der Waals surface area (Å²) >= 11 is 5.98. The van der Waals surface area contributed by atoms with Gasteiger partial charge in [-0.25, -0.2) is 4.39 Å². The van der Waals surface area contributed by atoms with Gasteiger partial charge in [-0.15, -0.1) is 0 Å². The summed E-state index contributed by atoms with van der Waals surface area (Å²) in [6.45, 7) is 5.46. The van der Waals surface area contributed by atoms with Crippen LogP contribution in [0.5, 0.6) is 0 Å². The minimum atomic E-state index is -0.788. The van der Waals surface area contributed by atoms with E-state index < -0.39 is 17.8 Å². The Hall–Kier alpha value is -2.40. The molecule has 0 spiro atoms. The number of carbonyl (C=O) groups is 2. The van der Waals surface area contributed by atoms with Crippen LogP contribution in [0, 0.1) is 11.7 Å². The highest BCUT2D eigenvalue weighted by Gasteiger charge is 2.26. The Morgan fingerprint density at radius 2 is 1.69 bits per heavy atom. The molecule has 0 fully saturated rings. The minimum absolute atomic E-state index is 0.0890. The highest BCUT2D eigenvalue weighted by molar-refractivity contribution is 6.30. The average molecular weight is 377 g/mol. The lowest BCUT2D eigenvalue weighted by molar-refractivity contribution is -0.124. The Balaban J connectivity index is 2.10. The summed E-state index contributed by atoms with van der Waals surface area (Å²) in [6, 6.07) is 11.8. The molecular formula is C20H22ClFN2O2. The third-order valence-corrected chi connectivity index (χ3v) is 4.30. The van der Waals surface area contributed by atoms with Gasteiger partial charge in [0, 0.05) is 5.02 Å². The average Bonchev–Trinajstić information content (AvgIpc) is 2.59. The van der Waals surface area contributed by atoms with Crippen LogP contribution in [-0.4, -0.2) is 17.9 Å². The summed E-state index contributed by atoms with van der Waals surface area (Å²) in [4.78, 5) is 25.0. The van der Waals surface area contributed by atoms with Crippen molar-refractivity contribution in [1.29, 1.82) is 0 Å². The molecule has 2 N–H and O–H groups in total. The zero-order chi connectivity index (χ0) is 19.3. The Morgan fingerprint density at radius 1 is 1.00 bits per heavy atom. The van der Waals surface area contributed by atoms with Crippen LogP contribution in [-0.2, 0) is 4.79 Å². The van der Waals surface area contributed by atoms with E-state index in [9.17, 15) is 14.0 Å². The zero-order valence-electron chi connectivity index (χ0n) is 14.9. The highest BCUT2D eigenvalue weighted by Crippen LogP contribution is 2.18. The molecule has 2 unspecified atom stereocenters. The summed E-state index contributed by atoms with van der Waals surface area (Å²) in [5.74, 6) is -1.75. The van der Waals surface area contributed by atoms with Crippen molar-refractivity contribution in [3.05, 3.63) is 70.5 Å². The van der Waals surface area contributed by atoms with Gasteiger partial charge in [-0.1, -0.05) is 49.7 Å².